The van der Waals surface area contributed by atoms with Crippen LogP contribution in [-0.2, 0) is 17.6 Å². The lowest BCUT2D eigenvalue weighted by molar-refractivity contribution is 0.0314. The average molecular weight is 407 g/mol. The number of H-pyrrole nitrogens is 2. The molecule has 3 aromatic heterocycles. The molecule has 0 bridgehead atoms. The fourth-order valence-electron chi connectivity index (χ4n) is 4.02. The monoisotopic (exact) mass is 407 g/mol. The standard InChI is InChI=1S/C22H21N3O3S/c1-11-7-8-14-17(9-11)29-21-18(14)20(26)24-19(25-21)12(2)28-22(27)16-10-13-5-3-4-6-15(13)23-16/h3-6,10-12,23H,7-9H2,1-2H3,(H,24,25,26)/t11-,12+/m0/s1. The van der Waals surface area contributed by atoms with Gasteiger partial charge in [-0.15, -0.1) is 11.3 Å². The summed E-state index contributed by atoms with van der Waals surface area (Å²) in [4.78, 5) is 37.9. The summed E-state index contributed by atoms with van der Waals surface area (Å²) in [6.45, 7) is 3.96. The second-order valence-corrected chi connectivity index (χ2v) is 8.88. The van der Waals surface area contributed by atoms with Crippen LogP contribution in [0.25, 0.3) is 21.1 Å². The van der Waals surface area contributed by atoms with Gasteiger partial charge in [-0.25, -0.2) is 9.78 Å². The molecule has 0 spiro atoms. The molecule has 0 amide bonds. The number of benzene rings is 1. The van der Waals surface area contributed by atoms with Gasteiger partial charge in [-0.2, -0.15) is 0 Å². The van der Waals surface area contributed by atoms with Gasteiger partial charge in [0.2, 0.25) is 0 Å². The molecule has 0 fully saturated rings. The van der Waals surface area contributed by atoms with Crippen molar-refractivity contribution in [3.63, 3.8) is 0 Å². The molecule has 1 aliphatic rings. The van der Waals surface area contributed by atoms with E-state index in [9.17, 15) is 9.59 Å². The maximum absolute atomic E-state index is 12.8. The third kappa shape index (κ3) is 3.15. The third-order valence-electron chi connectivity index (χ3n) is 5.60. The number of thiophene rings is 1. The quantitative estimate of drug-likeness (QED) is 0.489. The summed E-state index contributed by atoms with van der Waals surface area (Å²) in [7, 11) is 0. The molecule has 4 aromatic rings. The van der Waals surface area contributed by atoms with E-state index < -0.39 is 12.1 Å². The van der Waals surface area contributed by atoms with E-state index in [1.165, 1.54) is 4.88 Å². The highest BCUT2D eigenvalue weighted by Crippen LogP contribution is 2.36. The van der Waals surface area contributed by atoms with E-state index in [4.69, 9.17) is 4.74 Å². The number of hydrogen-bond acceptors (Lipinski definition) is 5. The Morgan fingerprint density at radius 1 is 1.31 bits per heavy atom. The van der Waals surface area contributed by atoms with Gasteiger partial charge < -0.3 is 14.7 Å². The van der Waals surface area contributed by atoms with Crippen LogP contribution in [0.5, 0.6) is 0 Å². The predicted molar refractivity (Wildman–Crippen MR) is 114 cm³/mol. The maximum Gasteiger partial charge on any atom is 0.355 e. The largest absolute Gasteiger partial charge is 0.450 e. The van der Waals surface area contributed by atoms with Gasteiger partial charge in [0.05, 0.1) is 5.39 Å². The minimum Gasteiger partial charge on any atom is -0.450 e. The number of nitrogens with zero attached hydrogens (tertiary/aromatic N) is 1. The lowest BCUT2D eigenvalue weighted by Crippen LogP contribution is -2.18. The van der Waals surface area contributed by atoms with Gasteiger partial charge in [0.25, 0.3) is 5.56 Å². The summed E-state index contributed by atoms with van der Waals surface area (Å²) < 4.78 is 5.58. The molecule has 1 aliphatic carbocycles. The molecule has 6 nitrogen and oxygen atoms in total. The number of fused-ring (bicyclic) bond motifs is 4. The van der Waals surface area contributed by atoms with Gasteiger partial charge in [-0.3, -0.25) is 4.79 Å². The van der Waals surface area contributed by atoms with E-state index >= 15 is 0 Å². The third-order valence-corrected chi connectivity index (χ3v) is 6.75. The van der Waals surface area contributed by atoms with Crippen LogP contribution < -0.4 is 5.56 Å². The van der Waals surface area contributed by atoms with Crippen molar-refractivity contribution in [1.29, 1.82) is 0 Å². The van der Waals surface area contributed by atoms with Crippen molar-refractivity contribution < 1.29 is 9.53 Å². The highest BCUT2D eigenvalue weighted by atomic mass is 32.1. The number of carbonyl (C=O) groups excluding carboxylic acids is 1. The van der Waals surface area contributed by atoms with Crippen molar-refractivity contribution in [3.05, 3.63) is 62.6 Å². The molecule has 1 aromatic carbocycles. The average Bonchev–Trinajstić information content (AvgIpc) is 3.28. The first kappa shape index (κ1) is 18.1. The molecular weight excluding hydrogens is 386 g/mol. The van der Waals surface area contributed by atoms with Crippen LogP contribution in [0.4, 0.5) is 0 Å². The first-order chi connectivity index (χ1) is 14.0. The number of para-hydroxylation sites is 1. The van der Waals surface area contributed by atoms with E-state index in [-0.39, 0.29) is 5.56 Å². The maximum atomic E-state index is 12.8. The minimum absolute atomic E-state index is 0.148. The number of aromatic amines is 2. The summed E-state index contributed by atoms with van der Waals surface area (Å²) in [6, 6.07) is 9.42. The second-order valence-electron chi connectivity index (χ2n) is 7.80. The zero-order valence-corrected chi connectivity index (χ0v) is 17.1. The number of carbonyl (C=O) groups is 1. The van der Waals surface area contributed by atoms with Crippen LogP contribution in [0, 0.1) is 5.92 Å². The summed E-state index contributed by atoms with van der Waals surface area (Å²) in [5.41, 5.74) is 2.25. The first-order valence-electron chi connectivity index (χ1n) is 9.83. The number of nitrogens with one attached hydrogen (secondary N) is 2. The van der Waals surface area contributed by atoms with Crippen molar-refractivity contribution in [2.45, 2.75) is 39.2 Å². The number of ether oxygens (including phenoxy) is 1. The number of rotatable bonds is 3. The van der Waals surface area contributed by atoms with Gasteiger partial charge >= 0.3 is 5.97 Å². The Labute approximate surface area is 170 Å². The SMILES string of the molecule is C[C@H]1CCc2c(sc3nc([C@@H](C)OC(=O)c4cc5ccccc5[nH]4)[nH]c(=O)c23)C1. The molecule has 0 saturated carbocycles. The molecule has 0 radical (unpaired) electrons. The van der Waals surface area contributed by atoms with Gasteiger partial charge in [0.15, 0.2) is 11.9 Å². The topological polar surface area (TPSA) is 87.8 Å². The van der Waals surface area contributed by atoms with Crippen molar-refractivity contribution in [2.24, 2.45) is 5.92 Å². The van der Waals surface area contributed by atoms with E-state index in [2.05, 4.69) is 21.9 Å². The van der Waals surface area contributed by atoms with Crippen LogP contribution >= 0.6 is 11.3 Å². The van der Waals surface area contributed by atoms with Gasteiger partial charge in [-0.05, 0) is 49.8 Å². The summed E-state index contributed by atoms with van der Waals surface area (Å²) in [5.74, 6) is 0.527. The van der Waals surface area contributed by atoms with Crippen molar-refractivity contribution >= 4 is 38.4 Å². The molecule has 0 unspecified atom stereocenters. The Morgan fingerprint density at radius 2 is 2.14 bits per heavy atom. The molecular formula is C22H21N3O3S. The lowest BCUT2D eigenvalue weighted by atomic mass is 9.89. The number of aryl methyl sites for hydroxylation is 1. The Hall–Kier alpha value is -2.93. The molecule has 0 saturated heterocycles. The number of hydrogen-bond donors (Lipinski definition) is 2. The molecule has 2 N–H and O–H groups in total. The molecule has 3 heterocycles. The van der Waals surface area contributed by atoms with E-state index in [1.807, 2.05) is 24.3 Å². The highest BCUT2D eigenvalue weighted by molar-refractivity contribution is 7.18. The molecule has 2 atom stereocenters. The number of aromatic nitrogens is 3. The Balaban J connectivity index is 1.44. The van der Waals surface area contributed by atoms with Gasteiger partial charge in [0, 0.05) is 15.8 Å². The molecule has 7 heteroatoms. The first-order valence-corrected chi connectivity index (χ1v) is 10.6. The van der Waals surface area contributed by atoms with Crippen LogP contribution in [0.2, 0.25) is 0 Å². The van der Waals surface area contributed by atoms with Crippen LogP contribution in [-0.4, -0.2) is 20.9 Å². The Morgan fingerprint density at radius 3 is 2.97 bits per heavy atom. The fourth-order valence-corrected chi connectivity index (χ4v) is 5.41. The highest BCUT2D eigenvalue weighted by Gasteiger charge is 2.24. The van der Waals surface area contributed by atoms with E-state index in [0.717, 1.165) is 40.6 Å². The van der Waals surface area contributed by atoms with Crippen LogP contribution in [0.3, 0.4) is 0 Å². The number of esters is 1. The van der Waals surface area contributed by atoms with Gasteiger partial charge in [-0.1, -0.05) is 25.1 Å². The van der Waals surface area contributed by atoms with Gasteiger partial charge in [0.1, 0.15) is 10.5 Å². The second kappa shape index (κ2) is 6.84. The zero-order chi connectivity index (χ0) is 20.1. The smallest absolute Gasteiger partial charge is 0.355 e. The van der Waals surface area contributed by atoms with Crippen molar-refractivity contribution in [1.82, 2.24) is 15.0 Å². The van der Waals surface area contributed by atoms with Crippen LogP contribution in [0.1, 0.15) is 53.1 Å². The van der Waals surface area contributed by atoms with Crippen LogP contribution in [0.15, 0.2) is 35.1 Å². The zero-order valence-electron chi connectivity index (χ0n) is 16.2. The summed E-state index contributed by atoms with van der Waals surface area (Å²) in [5, 5.41) is 1.65. The summed E-state index contributed by atoms with van der Waals surface area (Å²) in [6.07, 6.45) is 2.35. The Kier molecular flexibility index (Phi) is 4.28. The summed E-state index contributed by atoms with van der Waals surface area (Å²) >= 11 is 1.59. The van der Waals surface area contributed by atoms with E-state index in [0.29, 0.717) is 22.8 Å². The molecule has 5 rings (SSSR count). The van der Waals surface area contributed by atoms with E-state index in [1.54, 1.807) is 24.3 Å². The minimum atomic E-state index is -0.663. The lowest BCUT2D eigenvalue weighted by Gasteiger charge is -2.17. The fraction of sp³-hybridized carbons (Fsp3) is 0.318. The van der Waals surface area contributed by atoms with Crippen molar-refractivity contribution in [2.75, 3.05) is 0 Å². The normalized spacial score (nSPS) is 17.4. The van der Waals surface area contributed by atoms with Crippen molar-refractivity contribution in [3.8, 4) is 0 Å². The predicted octanol–water partition coefficient (Wildman–Crippen LogP) is 4.51. The molecule has 148 valence electrons. The molecule has 0 aliphatic heterocycles. The Bertz CT molecular complexity index is 1270. The molecule has 29 heavy (non-hydrogen) atoms.